The predicted octanol–water partition coefficient (Wildman–Crippen LogP) is 3.78. The number of guanidine groups is 1. The van der Waals surface area contributed by atoms with Crippen LogP contribution in [0, 0.1) is 0 Å². The lowest BCUT2D eigenvalue weighted by molar-refractivity contribution is -0.117. The summed E-state index contributed by atoms with van der Waals surface area (Å²) in [4.78, 5) is 23.5. The van der Waals surface area contributed by atoms with Gasteiger partial charge in [0.15, 0.2) is 5.96 Å². The number of benzene rings is 1. The van der Waals surface area contributed by atoms with E-state index in [4.69, 9.17) is 4.99 Å². The van der Waals surface area contributed by atoms with Gasteiger partial charge in [0.05, 0.1) is 11.5 Å². The van der Waals surface area contributed by atoms with Gasteiger partial charge in [-0.15, -0.1) is 35.3 Å². The summed E-state index contributed by atoms with van der Waals surface area (Å²) in [5.74, 6) is 1.21. The lowest BCUT2D eigenvalue weighted by atomic mass is 10.2. The van der Waals surface area contributed by atoms with Crippen molar-refractivity contribution in [3.05, 3.63) is 47.3 Å². The third-order valence-electron chi connectivity index (χ3n) is 5.46. The first kappa shape index (κ1) is 22.9. The Hall–Kier alpha value is -1.81. The Morgan fingerprint density at radius 2 is 1.87 bits per heavy atom. The lowest BCUT2D eigenvalue weighted by Gasteiger charge is -2.37. The molecule has 2 saturated heterocycles. The molecular weight excluding hydrogens is 509 g/mol. The fourth-order valence-electron chi connectivity index (χ4n) is 3.88. The van der Waals surface area contributed by atoms with Crippen LogP contribution >= 0.6 is 35.3 Å². The van der Waals surface area contributed by atoms with Crippen LogP contribution in [0.3, 0.4) is 0 Å². The Labute approximate surface area is 200 Å². The van der Waals surface area contributed by atoms with Crippen LogP contribution in [0.1, 0.15) is 25.3 Å². The molecule has 0 saturated carbocycles. The van der Waals surface area contributed by atoms with Gasteiger partial charge in [0.25, 0.3) is 0 Å². The van der Waals surface area contributed by atoms with Crippen LogP contribution in [-0.4, -0.2) is 56.0 Å². The van der Waals surface area contributed by atoms with Crippen LogP contribution in [-0.2, 0) is 11.3 Å². The molecule has 0 spiro atoms. The second-order valence-electron chi connectivity index (χ2n) is 7.41. The number of hydrogen-bond acceptors (Lipinski definition) is 4. The number of rotatable bonds is 5. The predicted molar refractivity (Wildman–Crippen MR) is 136 cm³/mol. The molecule has 8 heteroatoms. The number of anilines is 2. The standard InChI is InChI=1S/C22H29N5OS.HI/c1-2-23-22(26-14-12-25(13-15-26)21-6-4-16-29-21)24-17-18-7-9-19(10-8-18)27-11-3-5-20(27)28;/h4,6-10,16H,2-3,5,11-15,17H2,1H3,(H,23,24);1H. The molecule has 1 N–H and O–H groups in total. The molecule has 0 radical (unpaired) electrons. The van der Waals surface area contributed by atoms with Crippen LogP contribution in [0.25, 0.3) is 0 Å². The monoisotopic (exact) mass is 539 g/mol. The van der Waals surface area contributed by atoms with Crippen LogP contribution in [0.2, 0.25) is 0 Å². The van der Waals surface area contributed by atoms with Gasteiger partial charge in [-0.2, -0.15) is 0 Å². The second kappa shape index (κ2) is 11.0. The zero-order valence-electron chi connectivity index (χ0n) is 17.4. The number of amides is 1. The number of halogens is 1. The highest BCUT2D eigenvalue weighted by atomic mass is 127. The van der Waals surface area contributed by atoms with Crippen molar-refractivity contribution in [1.82, 2.24) is 10.2 Å². The molecule has 0 unspecified atom stereocenters. The molecule has 2 aliphatic heterocycles. The molecule has 2 aromatic rings. The second-order valence-corrected chi connectivity index (χ2v) is 8.34. The smallest absolute Gasteiger partial charge is 0.227 e. The number of thiophene rings is 1. The van der Waals surface area contributed by atoms with Crippen LogP contribution < -0.4 is 15.1 Å². The zero-order valence-corrected chi connectivity index (χ0v) is 20.6. The molecule has 162 valence electrons. The number of aliphatic imine (C=N–C) groups is 1. The van der Waals surface area contributed by atoms with Crippen molar-refractivity contribution in [3.63, 3.8) is 0 Å². The minimum Gasteiger partial charge on any atom is -0.360 e. The van der Waals surface area contributed by atoms with Crippen molar-refractivity contribution in [2.45, 2.75) is 26.3 Å². The summed E-state index contributed by atoms with van der Waals surface area (Å²) in [5.41, 5.74) is 2.16. The van der Waals surface area contributed by atoms with Crippen LogP contribution in [0.4, 0.5) is 10.7 Å². The highest BCUT2D eigenvalue weighted by Crippen LogP contribution is 2.23. The number of nitrogens with one attached hydrogen (secondary N) is 1. The van der Waals surface area contributed by atoms with E-state index in [1.807, 2.05) is 17.0 Å². The number of carbonyl (C=O) groups excluding carboxylic acids is 1. The fraction of sp³-hybridized carbons (Fsp3) is 0.455. The molecule has 30 heavy (non-hydrogen) atoms. The molecule has 1 aromatic heterocycles. The molecule has 1 amide bonds. The van der Waals surface area contributed by atoms with E-state index in [9.17, 15) is 4.79 Å². The molecule has 3 heterocycles. The molecule has 0 atom stereocenters. The summed E-state index contributed by atoms with van der Waals surface area (Å²) in [5, 5.41) is 6.93. The van der Waals surface area contributed by atoms with Crippen LogP contribution in [0.15, 0.2) is 46.8 Å². The molecular formula is C22H30IN5OS. The van der Waals surface area contributed by atoms with Gasteiger partial charge in [-0.05, 0) is 48.6 Å². The van der Waals surface area contributed by atoms with Gasteiger partial charge in [-0.25, -0.2) is 4.99 Å². The van der Waals surface area contributed by atoms with E-state index in [0.29, 0.717) is 13.0 Å². The summed E-state index contributed by atoms with van der Waals surface area (Å²) in [6, 6.07) is 12.6. The van der Waals surface area contributed by atoms with Crippen LogP contribution in [0.5, 0.6) is 0 Å². The Morgan fingerprint density at radius 3 is 2.47 bits per heavy atom. The van der Waals surface area contributed by atoms with E-state index in [1.54, 1.807) is 11.3 Å². The first-order chi connectivity index (χ1) is 14.2. The van der Waals surface area contributed by atoms with Crippen molar-refractivity contribution >= 4 is 57.9 Å². The fourth-order valence-corrected chi connectivity index (χ4v) is 4.67. The molecule has 4 rings (SSSR count). The minimum atomic E-state index is 0. The lowest BCUT2D eigenvalue weighted by Crippen LogP contribution is -2.52. The summed E-state index contributed by atoms with van der Waals surface area (Å²) in [6.45, 7) is 8.42. The van der Waals surface area contributed by atoms with Gasteiger partial charge in [0.1, 0.15) is 0 Å². The molecule has 2 aliphatic rings. The molecule has 2 fully saturated rings. The SMILES string of the molecule is CCNC(=NCc1ccc(N2CCCC2=O)cc1)N1CCN(c2cccs2)CC1.I. The number of hydrogen-bond donors (Lipinski definition) is 1. The van der Waals surface area contributed by atoms with E-state index < -0.39 is 0 Å². The summed E-state index contributed by atoms with van der Waals surface area (Å²) < 4.78 is 0. The van der Waals surface area contributed by atoms with Crippen molar-refractivity contribution in [3.8, 4) is 0 Å². The molecule has 6 nitrogen and oxygen atoms in total. The highest BCUT2D eigenvalue weighted by Gasteiger charge is 2.22. The topological polar surface area (TPSA) is 51.2 Å². The molecule has 1 aromatic carbocycles. The van der Waals surface area contributed by atoms with E-state index >= 15 is 0 Å². The maximum atomic E-state index is 11.9. The Morgan fingerprint density at radius 1 is 1.10 bits per heavy atom. The van der Waals surface area contributed by atoms with E-state index in [-0.39, 0.29) is 29.9 Å². The van der Waals surface area contributed by atoms with Gasteiger partial charge >= 0.3 is 0 Å². The van der Waals surface area contributed by atoms with Crippen molar-refractivity contribution in [2.24, 2.45) is 4.99 Å². The Kier molecular flexibility index (Phi) is 8.38. The quantitative estimate of drug-likeness (QED) is 0.357. The minimum absolute atomic E-state index is 0. The van der Waals surface area contributed by atoms with Gasteiger partial charge in [0, 0.05) is 51.4 Å². The average Bonchev–Trinajstić information content (AvgIpc) is 3.44. The third kappa shape index (κ3) is 5.46. The van der Waals surface area contributed by atoms with Gasteiger partial charge in [-0.3, -0.25) is 4.79 Å². The first-order valence-electron chi connectivity index (χ1n) is 10.5. The Bertz CT molecular complexity index is 832. The Balaban J connectivity index is 0.00000256. The highest BCUT2D eigenvalue weighted by molar-refractivity contribution is 14.0. The zero-order chi connectivity index (χ0) is 20.1. The summed E-state index contributed by atoms with van der Waals surface area (Å²) in [7, 11) is 0. The molecule has 0 aliphatic carbocycles. The number of carbonyl (C=O) groups is 1. The number of piperazine rings is 1. The average molecular weight is 539 g/mol. The molecule has 0 bridgehead atoms. The van der Waals surface area contributed by atoms with E-state index in [2.05, 4.69) is 51.7 Å². The van der Waals surface area contributed by atoms with Crippen molar-refractivity contribution in [2.75, 3.05) is 49.1 Å². The largest absolute Gasteiger partial charge is 0.360 e. The van der Waals surface area contributed by atoms with Gasteiger partial charge in [0.2, 0.25) is 5.91 Å². The third-order valence-corrected chi connectivity index (χ3v) is 6.39. The summed E-state index contributed by atoms with van der Waals surface area (Å²) in [6.07, 6.45) is 1.62. The van der Waals surface area contributed by atoms with Crippen molar-refractivity contribution in [1.29, 1.82) is 0 Å². The van der Waals surface area contributed by atoms with E-state index in [0.717, 1.165) is 62.9 Å². The normalized spacial score (nSPS) is 17.3. The van der Waals surface area contributed by atoms with Gasteiger partial charge < -0.3 is 20.0 Å². The maximum absolute atomic E-state index is 11.9. The van der Waals surface area contributed by atoms with Gasteiger partial charge in [-0.1, -0.05) is 12.1 Å². The maximum Gasteiger partial charge on any atom is 0.227 e. The van der Waals surface area contributed by atoms with Crippen molar-refractivity contribution < 1.29 is 4.79 Å². The summed E-state index contributed by atoms with van der Waals surface area (Å²) >= 11 is 1.80. The first-order valence-corrected chi connectivity index (χ1v) is 11.3. The number of nitrogens with zero attached hydrogens (tertiary/aromatic N) is 4. The van der Waals surface area contributed by atoms with E-state index in [1.165, 1.54) is 5.00 Å².